The van der Waals surface area contributed by atoms with Gasteiger partial charge in [0.15, 0.2) is 5.16 Å². The number of amides is 1. The zero-order chi connectivity index (χ0) is 21.7. The first-order valence-electron chi connectivity index (χ1n) is 9.04. The number of carbonyl (C=O) groups is 1. The molecule has 1 unspecified atom stereocenters. The van der Waals surface area contributed by atoms with Crippen molar-refractivity contribution in [3.8, 4) is 11.5 Å². The summed E-state index contributed by atoms with van der Waals surface area (Å²) in [5.74, 6) is 1.54. The maximum atomic E-state index is 12.9. The van der Waals surface area contributed by atoms with Crippen LogP contribution in [-0.2, 0) is 10.5 Å². The second-order valence-electron chi connectivity index (χ2n) is 6.32. The number of benzene rings is 2. The summed E-state index contributed by atoms with van der Waals surface area (Å²) in [6.45, 7) is 1.73. The molecule has 3 N–H and O–H groups in total. The fourth-order valence-electron chi connectivity index (χ4n) is 2.76. The molecule has 1 amide bonds. The number of hydrogen-bond donors (Lipinski definition) is 2. The maximum Gasteiger partial charge on any atom is 0.247 e. The lowest BCUT2D eigenvalue weighted by atomic mass is 10.2. The van der Waals surface area contributed by atoms with Gasteiger partial charge >= 0.3 is 0 Å². The fourth-order valence-corrected chi connectivity index (χ4v) is 4.07. The van der Waals surface area contributed by atoms with Crippen molar-refractivity contribution in [2.24, 2.45) is 0 Å². The second-order valence-corrected chi connectivity index (χ2v) is 7.67. The van der Waals surface area contributed by atoms with Gasteiger partial charge < -0.3 is 20.5 Å². The van der Waals surface area contributed by atoms with Gasteiger partial charge in [0.05, 0.1) is 19.9 Å². The molecule has 0 radical (unpaired) electrons. The summed E-state index contributed by atoms with van der Waals surface area (Å²) >= 11 is 7.63. The van der Waals surface area contributed by atoms with Crippen molar-refractivity contribution >= 4 is 40.9 Å². The molecule has 0 aliphatic rings. The number of nitrogen functional groups attached to an aromatic ring is 1. The normalized spacial score (nSPS) is 11.7. The molecule has 0 aliphatic carbocycles. The van der Waals surface area contributed by atoms with E-state index in [9.17, 15) is 4.79 Å². The largest absolute Gasteiger partial charge is 0.497 e. The first kappa shape index (κ1) is 21.8. The minimum Gasteiger partial charge on any atom is -0.497 e. The van der Waals surface area contributed by atoms with Crippen LogP contribution in [0, 0.1) is 0 Å². The highest BCUT2D eigenvalue weighted by Crippen LogP contribution is 2.31. The number of halogens is 1. The predicted octanol–water partition coefficient (Wildman–Crippen LogP) is 4.02. The number of anilines is 2. The number of rotatable bonds is 8. The molecular weight excluding hydrogens is 426 g/mol. The topological polar surface area (TPSA) is 104 Å². The number of nitrogens with zero attached hydrogens (tertiary/aromatic N) is 3. The average Bonchev–Trinajstić information content (AvgIpc) is 3.13. The van der Waals surface area contributed by atoms with Crippen molar-refractivity contribution in [1.82, 2.24) is 14.8 Å². The number of ether oxygens (including phenoxy) is 2. The third kappa shape index (κ3) is 4.80. The van der Waals surface area contributed by atoms with Crippen molar-refractivity contribution in [3.63, 3.8) is 0 Å². The minimum atomic E-state index is -0.652. The fraction of sp³-hybridized carbons (Fsp3) is 0.250. The summed E-state index contributed by atoms with van der Waals surface area (Å²) in [5.41, 5.74) is 7.47. The Morgan fingerprint density at radius 2 is 2.00 bits per heavy atom. The second kappa shape index (κ2) is 9.73. The maximum absolute atomic E-state index is 12.9. The molecule has 8 nitrogen and oxygen atoms in total. The van der Waals surface area contributed by atoms with Crippen molar-refractivity contribution in [1.29, 1.82) is 0 Å². The first-order valence-corrected chi connectivity index (χ1v) is 10.4. The van der Waals surface area contributed by atoms with Gasteiger partial charge in [-0.25, -0.2) is 0 Å². The highest BCUT2D eigenvalue weighted by molar-refractivity contribution is 7.98. The molecule has 1 heterocycles. The van der Waals surface area contributed by atoms with Crippen LogP contribution in [0.4, 0.5) is 11.6 Å². The van der Waals surface area contributed by atoms with Crippen molar-refractivity contribution in [2.45, 2.75) is 23.9 Å². The van der Waals surface area contributed by atoms with Gasteiger partial charge in [0, 0.05) is 16.8 Å². The van der Waals surface area contributed by atoms with Gasteiger partial charge in [-0.1, -0.05) is 41.6 Å². The molecule has 0 spiro atoms. The van der Waals surface area contributed by atoms with Gasteiger partial charge in [-0.05, 0) is 30.7 Å². The van der Waals surface area contributed by atoms with Gasteiger partial charge in [-0.3, -0.25) is 9.36 Å². The van der Waals surface area contributed by atoms with Crippen LogP contribution in [0.25, 0.3) is 0 Å². The van der Waals surface area contributed by atoms with Gasteiger partial charge in [0.25, 0.3) is 0 Å². The Balaban J connectivity index is 1.77. The molecule has 158 valence electrons. The molecule has 3 aromatic rings. The van der Waals surface area contributed by atoms with Crippen LogP contribution >= 0.6 is 23.4 Å². The summed E-state index contributed by atoms with van der Waals surface area (Å²) in [4.78, 5) is 12.9. The molecular formula is C20H22ClN5O3S. The monoisotopic (exact) mass is 447 g/mol. The minimum absolute atomic E-state index is 0.154. The molecule has 10 heteroatoms. The molecule has 0 fully saturated rings. The Kier molecular flexibility index (Phi) is 7.07. The van der Waals surface area contributed by atoms with E-state index in [-0.39, 0.29) is 11.9 Å². The highest BCUT2D eigenvalue weighted by atomic mass is 35.5. The smallest absolute Gasteiger partial charge is 0.247 e. The molecule has 0 aliphatic heterocycles. The summed E-state index contributed by atoms with van der Waals surface area (Å²) < 4.78 is 12.1. The number of hydrogen-bond acceptors (Lipinski definition) is 7. The van der Waals surface area contributed by atoms with Crippen LogP contribution < -0.4 is 20.5 Å². The third-order valence-electron chi connectivity index (χ3n) is 4.44. The van der Waals surface area contributed by atoms with E-state index in [4.69, 9.17) is 26.8 Å². The Bertz CT molecular complexity index is 1040. The van der Waals surface area contributed by atoms with E-state index in [2.05, 4.69) is 15.5 Å². The van der Waals surface area contributed by atoms with Crippen LogP contribution in [0.3, 0.4) is 0 Å². The lowest BCUT2D eigenvalue weighted by Crippen LogP contribution is -2.25. The quantitative estimate of drug-likeness (QED) is 0.502. The Hall–Kier alpha value is -2.91. The Labute approximate surface area is 183 Å². The highest BCUT2D eigenvalue weighted by Gasteiger charge is 2.23. The lowest BCUT2D eigenvalue weighted by Gasteiger charge is -2.18. The summed E-state index contributed by atoms with van der Waals surface area (Å²) in [6.07, 6.45) is 0. The molecule has 0 saturated heterocycles. The number of nitrogens with two attached hydrogens (primary N) is 1. The molecule has 1 aromatic heterocycles. The standard InChI is InChI=1S/C20H22ClN5O3S/c1-12(18(27)23-16-9-8-14(28-2)10-17(16)29-3)26-19(22)24-25-20(26)30-11-13-6-4-5-7-15(13)21/h4-10,12H,11H2,1-3H3,(H2,22,24)(H,23,27). The molecule has 0 bridgehead atoms. The Morgan fingerprint density at radius 3 is 2.70 bits per heavy atom. The molecule has 3 rings (SSSR count). The first-order chi connectivity index (χ1) is 14.4. The van der Waals surface area contributed by atoms with Crippen LogP contribution in [0.1, 0.15) is 18.5 Å². The van der Waals surface area contributed by atoms with Crippen molar-refractivity contribution < 1.29 is 14.3 Å². The Morgan fingerprint density at radius 1 is 1.23 bits per heavy atom. The number of nitrogens with one attached hydrogen (secondary N) is 1. The van der Waals surface area contributed by atoms with E-state index in [1.54, 1.807) is 36.8 Å². The summed E-state index contributed by atoms with van der Waals surface area (Å²) in [6, 6.07) is 12.0. The number of thioether (sulfide) groups is 1. The molecule has 1 atom stereocenters. The summed E-state index contributed by atoms with van der Waals surface area (Å²) in [7, 11) is 3.08. The zero-order valence-corrected chi connectivity index (χ0v) is 18.3. The van der Waals surface area contributed by atoms with Crippen LogP contribution in [0.5, 0.6) is 11.5 Å². The van der Waals surface area contributed by atoms with E-state index in [1.165, 1.54) is 18.9 Å². The lowest BCUT2D eigenvalue weighted by molar-refractivity contribution is -0.118. The van der Waals surface area contributed by atoms with E-state index in [0.717, 1.165) is 5.56 Å². The van der Waals surface area contributed by atoms with Crippen LogP contribution in [0.15, 0.2) is 47.6 Å². The number of aromatic nitrogens is 3. The van der Waals surface area contributed by atoms with E-state index >= 15 is 0 Å². The van der Waals surface area contributed by atoms with E-state index in [1.807, 2.05) is 24.3 Å². The van der Waals surface area contributed by atoms with Gasteiger partial charge in [-0.15, -0.1) is 10.2 Å². The van der Waals surface area contributed by atoms with Gasteiger partial charge in [-0.2, -0.15) is 0 Å². The van der Waals surface area contributed by atoms with Crippen LogP contribution in [-0.4, -0.2) is 34.9 Å². The molecule has 2 aromatic carbocycles. The molecule has 0 saturated carbocycles. The third-order valence-corrected chi connectivity index (χ3v) is 5.80. The van der Waals surface area contributed by atoms with E-state index < -0.39 is 6.04 Å². The SMILES string of the molecule is COc1ccc(NC(=O)C(C)n2c(N)nnc2SCc2ccccc2Cl)c(OC)c1. The van der Waals surface area contributed by atoms with Crippen molar-refractivity contribution in [2.75, 3.05) is 25.3 Å². The van der Waals surface area contributed by atoms with Crippen molar-refractivity contribution in [3.05, 3.63) is 53.1 Å². The summed E-state index contributed by atoms with van der Waals surface area (Å²) in [5, 5.41) is 12.1. The number of methoxy groups -OCH3 is 2. The van der Waals surface area contributed by atoms with Gasteiger partial charge in [0.1, 0.15) is 17.5 Å². The van der Waals surface area contributed by atoms with E-state index in [0.29, 0.717) is 33.1 Å². The molecule has 30 heavy (non-hydrogen) atoms. The zero-order valence-electron chi connectivity index (χ0n) is 16.8. The van der Waals surface area contributed by atoms with Gasteiger partial charge in [0.2, 0.25) is 11.9 Å². The number of carbonyl (C=O) groups excluding carboxylic acids is 1. The average molecular weight is 448 g/mol. The predicted molar refractivity (Wildman–Crippen MR) is 118 cm³/mol. The van der Waals surface area contributed by atoms with Crippen LogP contribution in [0.2, 0.25) is 5.02 Å².